The summed E-state index contributed by atoms with van der Waals surface area (Å²) in [5.41, 5.74) is 4.40. The van der Waals surface area contributed by atoms with Crippen LogP contribution in [0.4, 0.5) is 0 Å². The number of carbonyl (C=O) groups is 1. The molecule has 4 nitrogen and oxygen atoms in total. The lowest BCUT2D eigenvalue weighted by Crippen LogP contribution is -1.92. The van der Waals surface area contributed by atoms with E-state index < -0.39 is 0 Å². The van der Waals surface area contributed by atoms with Crippen LogP contribution in [0.25, 0.3) is 22.6 Å². The molecular formula is C20H19NO3. The summed E-state index contributed by atoms with van der Waals surface area (Å²) in [5.74, 6) is 1.34. The molecule has 1 N–H and O–H groups in total. The van der Waals surface area contributed by atoms with Crippen molar-refractivity contribution in [2.24, 2.45) is 0 Å². The number of Topliss-reactive ketones (excluding diaryl/α,β-unsaturated/α-hetero) is 1. The molecule has 0 saturated carbocycles. The number of hydrogen-bond acceptors (Lipinski definition) is 4. The van der Waals surface area contributed by atoms with E-state index in [0.29, 0.717) is 17.9 Å². The predicted molar refractivity (Wildman–Crippen MR) is 92.9 cm³/mol. The van der Waals surface area contributed by atoms with E-state index in [1.54, 1.807) is 6.92 Å². The average molecular weight is 321 g/mol. The first-order valence-corrected chi connectivity index (χ1v) is 7.87. The van der Waals surface area contributed by atoms with E-state index >= 15 is 0 Å². The third-order valence-electron chi connectivity index (χ3n) is 3.98. The molecule has 0 radical (unpaired) electrons. The number of benzene rings is 2. The van der Waals surface area contributed by atoms with Crippen LogP contribution < -0.4 is 0 Å². The number of aliphatic hydroxyl groups excluding tert-OH is 1. The van der Waals surface area contributed by atoms with E-state index in [-0.39, 0.29) is 12.4 Å². The zero-order chi connectivity index (χ0) is 17.1. The molecule has 24 heavy (non-hydrogen) atoms. The quantitative estimate of drug-likeness (QED) is 0.720. The van der Waals surface area contributed by atoms with E-state index in [4.69, 9.17) is 9.52 Å². The van der Waals surface area contributed by atoms with Crippen LogP contribution >= 0.6 is 0 Å². The van der Waals surface area contributed by atoms with Crippen molar-refractivity contribution in [1.82, 2.24) is 4.98 Å². The second kappa shape index (κ2) is 6.81. The summed E-state index contributed by atoms with van der Waals surface area (Å²) >= 11 is 0. The minimum Gasteiger partial charge on any atom is -0.441 e. The van der Waals surface area contributed by atoms with Gasteiger partial charge in [0.15, 0.2) is 5.78 Å². The second-order valence-electron chi connectivity index (χ2n) is 5.71. The number of aryl methyl sites for hydroxylation is 1. The fraction of sp³-hybridized carbons (Fsp3) is 0.200. The van der Waals surface area contributed by atoms with Crippen LogP contribution in [0.5, 0.6) is 0 Å². The summed E-state index contributed by atoms with van der Waals surface area (Å²) in [4.78, 5) is 16.0. The van der Waals surface area contributed by atoms with Gasteiger partial charge in [-0.05, 0) is 43.2 Å². The molecule has 3 aromatic rings. The second-order valence-corrected chi connectivity index (χ2v) is 5.71. The largest absolute Gasteiger partial charge is 0.441 e. The first-order chi connectivity index (χ1) is 11.6. The molecule has 0 amide bonds. The number of nitrogens with zero attached hydrogens (tertiary/aromatic N) is 1. The summed E-state index contributed by atoms with van der Waals surface area (Å²) in [7, 11) is 0. The van der Waals surface area contributed by atoms with Crippen molar-refractivity contribution in [3.8, 4) is 22.6 Å². The maximum atomic E-state index is 11.5. The maximum absolute atomic E-state index is 11.5. The van der Waals surface area contributed by atoms with Crippen molar-refractivity contribution in [3.05, 3.63) is 65.5 Å². The van der Waals surface area contributed by atoms with Crippen molar-refractivity contribution < 1.29 is 14.3 Å². The van der Waals surface area contributed by atoms with Crippen LogP contribution in [0.15, 0.2) is 52.9 Å². The predicted octanol–water partition coefficient (Wildman–Crippen LogP) is 4.05. The Morgan fingerprint density at radius 1 is 1.08 bits per heavy atom. The Bertz CT molecular complexity index is 863. The van der Waals surface area contributed by atoms with Gasteiger partial charge in [-0.25, -0.2) is 4.98 Å². The zero-order valence-corrected chi connectivity index (χ0v) is 13.7. The average Bonchev–Trinajstić information content (AvgIpc) is 2.96. The molecule has 0 fully saturated rings. The van der Waals surface area contributed by atoms with Crippen molar-refractivity contribution in [1.29, 1.82) is 0 Å². The van der Waals surface area contributed by atoms with Gasteiger partial charge in [-0.15, -0.1) is 0 Å². The highest BCUT2D eigenvalue weighted by atomic mass is 16.4. The molecule has 0 bridgehead atoms. The van der Waals surface area contributed by atoms with Crippen LogP contribution in [0.2, 0.25) is 0 Å². The van der Waals surface area contributed by atoms with E-state index in [0.717, 1.165) is 28.1 Å². The number of carbonyl (C=O) groups excluding carboxylic acids is 1. The SMILES string of the molecule is CC(=O)c1cccc(-c2ccc(-c3nc(CCO)c(C)o3)cc2)c1. The lowest BCUT2D eigenvalue weighted by atomic mass is 10.0. The molecule has 0 aliphatic heterocycles. The van der Waals surface area contributed by atoms with Gasteiger partial charge in [0.2, 0.25) is 5.89 Å². The van der Waals surface area contributed by atoms with Gasteiger partial charge in [-0.1, -0.05) is 30.3 Å². The van der Waals surface area contributed by atoms with Gasteiger partial charge in [0.05, 0.1) is 5.69 Å². The van der Waals surface area contributed by atoms with Crippen LogP contribution in [0.1, 0.15) is 28.7 Å². The topological polar surface area (TPSA) is 63.3 Å². The highest BCUT2D eigenvalue weighted by Gasteiger charge is 2.11. The molecule has 2 aromatic carbocycles. The molecule has 3 rings (SSSR count). The molecule has 0 aliphatic carbocycles. The van der Waals surface area contributed by atoms with Gasteiger partial charge in [0.1, 0.15) is 5.76 Å². The molecular weight excluding hydrogens is 302 g/mol. The normalized spacial score (nSPS) is 10.8. The van der Waals surface area contributed by atoms with Crippen LogP contribution in [0.3, 0.4) is 0 Å². The van der Waals surface area contributed by atoms with Crippen molar-refractivity contribution >= 4 is 5.78 Å². The molecule has 4 heteroatoms. The van der Waals surface area contributed by atoms with Crippen LogP contribution in [-0.4, -0.2) is 22.5 Å². The Labute approximate surface area is 140 Å². The van der Waals surface area contributed by atoms with E-state index in [9.17, 15) is 4.79 Å². The Hall–Kier alpha value is -2.72. The summed E-state index contributed by atoms with van der Waals surface area (Å²) in [6.07, 6.45) is 0.491. The molecule has 0 saturated heterocycles. The third kappa shape index (κ3) is 3.29. The molecule has 0 aliphatic rings. The number of hydrogen-bond donors (Lipinski definition) is 1. The Balaban J connectivity index is 1.89. The number of aromatic nitrogens is 1. The Morgan fingerprint density at radius 3 is 2.46 bits per heavy atom. The Kier molecular flexibility index (Phi) is 4.58. The summed E-state index contributed by atoms with van der Waals surface area (Å²) in [6, 6.07) is 15.5. The first-order valence-electron chi connectivity index (χ1n) is 7.87. The van der Waals surface area contributed by atoms with E-state index in [1.807, 2.05) is 55.5 Å². The molecule has 1 heterocycles. The van der Waals surface area contributed by atoms with Crippen molar-refractivity contribution in [2.75, 3.05) is 6.61 Å². The molecule has 0 atom stereocenters. The molecule has 0 unspecified atom stereocenters. The van der Waals surface area contributed by atoms with Crippen LogP contribution in [0, 0.1) is 6.92 Å². The molecule has 1 aromatic heterocycles. The van der Waals surface area contributed by atoms with E-state index in [1.165, 1.54) is 0 Å². The van der Waals surface area contributed by atoms with E-state index in [2.05, 4.69) is 4.98 Å². The Morgan fingerprint density at radius 2 is 1.79 bits per heavy atom. The number of oxazole rings is 1. The standard InChI is InChI=1S/C20H19NO3/c1-13(23)17-4-3-5-18(12-17)15-6-8-16(9-7-15)20-21-19(10-11-22)14(2)24-20/h3-9,12,22H,10-11H2,1-2H3. The van der Waals surface area contributed by atoms with Gasteiger partial charge in [0.25, 0.3) is 0 Å². The third-order valence-corrected chi connectivity index (χ3v) is 3.98. The minimum atomic E-state index is 0.0538. The van der Waals surface area contributed by atoms with Gasteiger partial charge in [0, 0.05) is 24.2 Å². The van der Waals surface area contributed by atoms with Gasteiger partial charge < -0.3 is 9.52 Å². The van der Waals surface area contributed by atoms with Gasteiger partial charge in [-0.3, -0.25) is 4.79 Å². The van der Waals surface area contributed by atoms with Gasteiger partial charge in [-0.2, -0.15) is 0 Å². The number of rotatable bonds is 5. The molecule has 0 spiro atoms. The lowest BCUT2D eigenvalue weighted by molar-refractivity contribution is 0.101. The molecule has 122 valence electrons. The highest BCUT2D eigenvalue weighted by Crippen LogP contribution is 2.26. The number of ketones is 1. The first kappa shape index (κ1) is 16.1. The van der Waals surface area contributed by atoms with Crippen molar-refractivity contribution in [3.63, 3.8) is 0 Å². The minimum absolute atomic E-state index is 0.0538. The summed E-state index contributed by atoms with van der Waals surface area (Å²) in [5, 5.41) is 9.04. The highest BCUT2D eigenvalue weighted by molar-refractivity contribution is 5.95. The fourth-order valence-corrected chi connectivity index (χ4v) is 2.61. The fourth-order valence-electron chi connectivity index (χ4n) is 2.61. The van der Waals surface area contributed by atoms with Crippen molar-refractivity contribution in [2.45, 2.75) is 20.3 Å². The van der Waals surface area contributed by atoms with Gasteiger partial charge >= 0.3 is 0 Å². The number of aliphatic hydroxyl groups is 1. The monoisotopic (exact) mass is 321 g/mol. The summed E-state index contributed by atoms with van der Waals surface area (Å²) < 4.78 is 5.68. The summed E-state index contributed by atoms with van der Waals surface area (Å²) in [6.45, 7) is 3.47. The smallest absolute Gasteiger partial charge is 0.226 e. The lowest BCUT2D eigenvalue weighted by Gasteiger charge is -2.04. The maximum Gasteiger partial charge on any atom is 0.226 e. The van der Waals surface area contributed by atoms with Crippen LogP contribution in [-0.2, 0) is 6.42 Å². The zero-order valence-electron chi connectivity index (χ0n) is 13.7.